The Morgan fingerprint density at radius 1 is 1.07 bits per heavy atom. The lowest BCUT2D eigenvalue weighted by Crippen LogP contribution is -2.21. The Hall–Kier alpha value is -1.33. The number of nitrogens with zero attached hydrogens (tertiary/aromatic N) is 1. The summed E-state index contributed by atoms with van der Waals surface area (Å²) in [6.45, 7) is 8.74. The monoisotopic (exact) mass is 416 g/mol. The van der Waals surface area contributed by atoms with Crippen LogP contribution in [0.1, 0.15) is 39.5 Å². The molecular formula is C25H40N2OS. The van der Waals surface area contributed by atoms with E-state index in [1.807, 2.05) is 13.8 Å². The molecule has 1 atom stereocenters. The Morgan fingerprint density at radius 3 is 2.45 bits per heavy atom. The third-order valence-electron chi connectivity index (χ3n) is 4.91. The summed E-state index contributed by atoms with van der Waals surface area (Å²) in [6, 6.07) is 0. The van der Waals surface area contributed by atoms with Gasteiger partial charge in [0, 0.05) is 6.54 Å². The molecule has 2 N–H and O–H groups in total. The van der Waals surface area contributed by atoms with Crippen LogP contribution in [0.5, 0.6) is 0 Å². The molecule has 0 radical (unpaired) electrons. The molecule has 0 spiro atoms. The fraction of sp³-hybridized carbons (Fsp3) is 0.520. The number of aliphatic hydroxyl groups excluding tert-OH is 1. The number of aliphatic hydroxyl groups is 1. The Labute approximate surface area is 184 Å². The average Bonchev–Trinajstić information content (AvgIpc) is 3.03. The van der Waals surface area contributed by atoms with Gasteiger partial charge in [-0.15, -0.1) is 12.6 Å². The van der Waals surface area contributed by atoms with Gasteiger partial charge in [-0.05, 0) is 74.3 Å². The van der Waals surface area contributed by atoms with Crippen molar-refractivity contribution in [3.63, 3.8) is 0 Å². The van der Waals surface area contributed by atoms with E-state index in [-0.39, 0.29) is 6.61 Å². The fourth-order valence-corrected chi connectivity index (χ4v) is 3.47. The van der Waals surface area contributed by atoms with Gasteiger partial charge >= 0.3 is 0 Å². The molecule has 3 rings (SSSR count). The first-order valence-corrected chi connectivity index (χ1v) is 11.5. The van der Waals surface area contributed by atoms with Crippen LogP contribution in [0.4, 0.5) is 0 Å². The van der Waals surface area contributed by atoms with Crippen LogP contribution >= 0.6 is 12.6 Å². The van der Waals surface area contributed by atoms with E-state index in [9.17, 15) is 0 Å². The van der Waals surface area contributed by atoms with Crippen LogP contribution in [0.25, 0.3) is 0 Å². The third kappa shape index (κ3) is 10.9. The molecule has 1 unspecified atom stereocenters. The molecule has 0 bridgehead atoms. The van der Waals surface area contributed by atoms with Gasteiger partial charge in [0.25, 0.3) is 0 Å². The van der Waals surface area contributed by atoms with Crippen molar-refractivity contribution in [2.75, 3.05) is 39.8 Å². The molecular weight excluding hydrogens is 376 g/mol. The lowest BCUT2D eigenvalue weighted by atomic mass is 10.0. The van der Waals surface area contributed by atoms with Crippen molar-refractivity contribution >= 4 is 12.6 Å². The van der Waals surface area contributed by atoms with E-state index < -0.39 is 0 Å². The lowest BCUT2D eigenvalue weighted by Gasteiger charge is -2.16. The van der Waals surface area contributed by atoms with Crippen molar-refractivity contribution in [3.8, 4) is 0 Å². The number of nitrogens with one attached hydrogen (secondary N) is 1. The second kappa shape index (κ2) is 16.5. The Kier molecular flexibility index (Phi) is 14.6. The Morgan fingerprint density at radius 2 is 1.79 bits per heavy atom. The van der Waals surface area contributed by atoms with E-state index in [1.54, 1.807) is 7.05 Å². The van der Waals surface area contributed by atoms with Crippen molar-refractivity contribution in [2.24, 2.45) is 5.92 Å². The smallest absolute Gasteiger partial charge is 0.0555 e. The topological polar surface area (TPSA) is 35.5 Å². The first-order chi connectivity index (χ1) is 14.2. The number of likely N-dealkylation sites (tertiary alicyclic amines) is 1. The van der Waals surface area contributed by atoms with Gasteiger partial charge in [0.15, 0.2) is 0 Å². The van der Waals surface area contributed by atoms with Crippen molar-refractivity contribution < 1.29 is 5.11 Å². The van der Waals surface area contributed by atoms with E-state index in [0.717, 1.165) is 11.3 Å². The highest BCUT2D eigenvalue weighted by atomic mass is 32.1. The maximum atomic E-state index is 8.00. The number of rotatable bonds is 6. The van der Waals surface area contributed by atoms with E-state index in [1.165, 1.54) is 50.0 Å². The molecule has 1 heterocycles. The molecule has 3 nitrogen and oxygen atoms in total. The van der Waals surface area contributed by atoms with Crippen LogP contribution in [0, 0.1) is 5.92 Å². The minimum Gasteiger partial charge on any atom is -0.395 e. The molecule has 0 aromatic carbocycles. The summed E-state index contributed by atoms with van der Waals surface area (Å²) in [6.07, 6.45) is 25.0. The molecule has 1 aliphatic heterocycles. The van der Waals surface area contributed by atoms with Gasteiger partial charge in [0.05, 0.1) is 6.61 Å². The zero-order chi connectivity index (χ0) is 21.3. The Balaban J connectivity index is 0.000000527. The Bertz CT molecular complexity index is 621. The van der Waals surface area contributed by atoms with Gasteiger partial charge in [-0.1, -0.05) is 68.5 Å². The van der Waals surface area contributed by atoms with Gasteiger partial charge in [0.1, 0.15) is 0 Å². The minimum absolute atomic E-state index is 0.233. The third-order valence-corrected chi connectivity index (χ3v) is 5.24. The van der Waals surface area contributed by atoms with Crippen molar-refractivity contribution in [1.82, 2.24) is 10.2 Å². The lowest BCUT2D eigenvalue weighted by molar-refractivity contribution is 0.296. The molecule has 3 aliphatic rings. The zero-order valence-corrected chi connectivity index (χ0v) is 19.4. The second-order valence-electron chi connectivity index (χ2n) is 7.08. The van der Waals surface area contributed by atoms with E-state index >= 15 is 0 Å². The van der Waals surface area contributed by atoms with Gasteiger partial charge in [-0.2, -0.15) is 0 Å². The van der Waals surface area contributed by atoms with E-state index in [0.29, 0.717) is 12.5 Å². The molecule has 29 heavy (non-hydrogen) atoms. The largest absolute Gasteiger partial charge is 0.395 e. The van der Waals surface area contributed by atoms with Crippen molar-refractivity contribution in [2.45, 2.75) is 39.5 Å². The van der Waals surface area contributed by atoms with Crippen molar-refractivity contribution in [1.29, 1.82) is 0 Å². The van der Waals surface area contributed by atoms with Crippen LogP contribution in [0.3, 0.4) is 0 Å². The van der Waals surface area contributed by atoms with Crippen LogP contribution in [0.2, 0.25) is 0 Å². The number of allylic oxidation sites excluding steroid dienone is 12. The molecule has 0 amide bonds. The highest BCUT2D eigenvalue weighted by molar-refractivity contribution is 7.84. The van der Waals surface area contributed by atoms with Crippen LogP contribution in [-0.4, -0.2) is 49.8 Å². The summed E-state index contributed by atoms with van der Waals surface area (Å²) in [5.74, 6) is 0.556. The molecule has 0 saturated carbocycles. The molecule has 1 fully saturated rings. The summed E-state index contributed by atoms with van der Waals surface area (Å²) in [5, 5.41) is 10.8. The SMILES string of the molecule is CC.CNCCO.SC1=CC=C(C2=CC=CC(CCN3CCCC3)C=C2)C=CC1. The summed E-state index contributed by atoms with van der Waals surface area (Å²) in [5.41, 5.74) is 2.56. The molecule has 0 aromatic rings. The number of thiol groups is 1. The van der Waals surface area contributed by atoms with Gasteiger partial charge in [-0.25, -0.2) is 0 Å². The van der Waals surface area contributed by atoms with Crippen LogP contribution < -0.4 is 5.32 Å². The van der Waals surface area contributed by atoms with Gasteiger partial charge < -0.3 is 15.3 Å². The van der Waals surface area contributed by atoms with Crippen LogP contribution in [-0.2, 0) is 0 Å². The zero-order valence-electron chi connectivity index (χ0n) is 18.5. The second-order valence-corrected chi connectivity index (χ2v) is 7.66. The summed E-state index contributed by atoms with van der Waals surface area (Å²) < 4.78 is 0. The predicted octanol–water partition coefficient (Wildman–Crippen LogP) is 5.07. The first kappa shape index (κ1) is 25.7. The average molecular weight is 417 g/mol. The number of hydrogen-bond donors (Lipinski definition) is 3. The minimum atomic E-state index is 0.233. The quantitative estimate of drug-likeness (QED) is 0.529. The molecule has 2 aliphatic carbocycles. The molecule has 162 valence electrons. The maximum Gasteiger partial charge on any atom is 0.0555 e. The van der Waals surface area contributed by atoms with Crippen molar-refractivity contribution in [3.05, 3.63) is 70.7 Å². The summed E-state index contributed by atoms with van der Waals surface area (Å²) >= 11 is 4.45. The molecule has 4 heteroatoms. The number of hydrogen-bond acceptors (Lipinski definition) is 4. The molecule has 0 aromatic heterocycles. The first-order valence-electron chi connectivity index (χ1n) is 11.0. The van der Waals surface area contributed by atoms with E-state index in [2.05, 4.69) is 77.5 Å². The van der Waals surface area contributed by atoms with E-state index in [4.69, 9.17) is 5.11 Å². The number of likely N-dealkylation sites (N-methyl/N-ethyl adjacent to an activating group) is 1. The standard InChI is InChI=1S/C20H25NS.C3H9NO.C2H6/c22-20-8-4-7-19(11-12-20)18-6-3-5-17(9-10-18)13-16-21-14-1-2-15-21;1-4-2-3-5;1-2/h3-7,9-12,17,22H,1-2,8,13-16H2;4-5H,2-3H2,1H3;1-2H3. The summed E-state index contributed by atoms with van der Waals surface area (Å²) in [4.78, 5) is 3.71. The van der Waals surface area contributed by atoms with Gasteiger partial charge in [-0.3, -0.25) is 0 Å². The van der Waals surface area contributed by atoms with Gasteiger partial charge in [0.2, 0.25) is 0 Å². The molecule has 1 saturated heterocycles. The highest BCUT2D eigenvalue weighted by Gasteiger charge is 2.13. The highest BCUT2D eigenvalue weighted by Crippen LogP contribution is 2.23. The normalized spacial score (nSPS) is 21.0. The fourth-order valence-electron chi connectivity index (χ4n) is 3.29. The predicted molar refractivity (Wildman–Crippen MR) is 131 cm³/mol. The summed E-state index contributed by atoms with van der Waals surface area (Å²) in [7, 11) is 1.80. The van der Waals surface area contributed by atoms with Crippen LogP contribution in [0.15, 0.2) is 70.7 Å². The maximum absolute atomic E-state index is 8.00.